The standard InChI is InChI=1S/C15H21N5O5/c1-6-9(21)10(22)14(25-6)20-12-8(13(23)19-20)11(16)17-15(18-12)24-5-7-3-2-4-7/h6-7,9-10,14,21-22H,2-5H2,1H3,(H,19,23)(H2,16,17,18)/t6-,9-,10-,14-/m1/s1. The van der Waals surface area contributed by atoms with Crippen LogP contribution in [0.1, 0.15) is 32.4 Å². The van der Waals surface area contributed by atoms with Crippen LogP contribution in [0.15, 0.2) is 4.79 Å². The fraction of sp³-hybridized carbons (Fsp3) is 0.667. The molecule has 2 fully saturated rings. The van der Waals surface area contributed by atoms with Gasteiger partial charge in [0.05, 0.1) is 12.7 Å². The number of H-pyrrole nitrogens is 1. The number of aliphatic hydroxyl groups excluding tert-OH is 2. The Labute approximate surface area is 142 Å². The first kappa shape index (κ1) is 16.3. The molecule has 1 aliphatic heterocycles. The van der Waals surface area contributed by atoms with E-state index in [-0.39, 0.29) is 22.9 Å². The van der Waals surface area contributed by atoms with Crippen molar-refractivity contribution in [1.29, 1.82) is 0 Å². The number of aromatic nitrogens is 4. The molecule has 1 saturated heterocycles. The van der Waals surface area contributed by atoms with Gasteiger partial charge in [-0.05, 0) is 25.7 Å². The maximum absolute atomic E-state index is 12.2. The van der Waals surface area contributed by atoms with Gasteiger partial charge in [-0.2, -0.15) is 9.97 Å². The molecule has 0 radical (unpaired) electrons. The van der Waals surface area contributed by atoms with Gasteiger partial charge in [0.25, 0.3) is 5.56 Å². The average Bonchev–Trinajstić information content (AvgIpc) is 2.98. The Morgan fingerprint density at radius 1 is 1.36 bits per heavy atom. The summed E-state index contributed by atoms with van der Waals surface area (Å²) in [6, 6.07) is 0.0748. The topological polar surface area (TPSA) is 149 Å². The highest BCUT2D eigenvalue weighted by atomic mass is 16.6. The summed E-state index contributed by atoms with van der Waals surface area (Å²) in [7, 11) is 0. The maximum atomic E-state index is 12.2. The lowest BCUT2D eigenvalue weighted by atomic mass is 9.86. The fourth-order valence-corrected chi connectivity index (χ4v) is 3.20. The molecule has 0 bridgehead atoms. The molecule has 10 nitrogen and oxygen atoms in total. The molecule has 1 aliphatic carbocycles. The Balaban J connectivity index is 1.71. The van der Waals surface area contributed by atoms with Gasteiger partial charge in [-0.1, -0.05) is 6.42 Å². The maximum Gasteiger partial charge on any atom is 0.320 e. The number of rotatable bonds is 4. The van der Waals surface area contributed by atoms with E-state index in [1.807, 2.05) is 0 Å². The van der Waals surface area contributed by atoms with E-state index in [4.69, 9.17) is 15.2 Å². The molecular formula is C15H21N5O5. The van der Waals surface area contributed by atoms with Crippen LogP contribution in [-0.2, 0) is 4.74 Å². The van der Waals surface area contributed by atoms with Gasteiger partial charge in [-0.3, -0.25) is 9.89 Å². The molecular weight excluding hydrogens is 330 g/mol. The van der Waals surface area contributed by atoms with Crippen LogP contribution in [0.3, 0.4) is 0 Å². The summed E-state index contributed by atoms with van der Waals surface area (Å²) < 4.78 is 12.4. The van der Waals surface area contributed by atoms with Gasteiger partial charge < -0.3 is 25.4 Å². The van der Waals surface area contributed by atoms with Crippen molar-refractivity contribution in [3.05, 3.63) is 10.4 Å². The number of aromatic amines is 1. The van der Waals surface area contributed by atoms with Crippen LogP contribution in [0.25, 0.3) is 11.0 Å². The van der Waals surface area contributed by atoms with E-state index < -0.39 is 30.1 Å². The molecule has 25 heavy (non-hydrogen) atoms. The molecule has 0 aromatic carbocycles. The number of nitrogens with two attached hydrogens (primary N) is 1. The smallest absolute Gasteiger partial charge is 0.320 e. The minimum Gasteiger partial charge on any atom is -0.463 e. The fourth-order valence-electron chi connectivity index (χ4n) is 3.20. The number of fused-ring (bicyclic) bond motifs is 1. The molecule has 2 aromatic rings. The van der Waals surface area contributed by atoms with E-state index in [0.29, 0.717) is 12.5 Å². The van der Waals surface area contributed by atoms with Gasteiger partial charge >= 0.3 is 6.01 Å². The number of anilines is 1. The second-order valence-corrected chi connectivity index (χ2v) is 6.72. The number of nitrogens with one attached hydrogen (secondary N) is 1. The summed E-state index contributed by atoms with van der Waals surface area (Å²) in [4.78, 5) is 20.5. The van der Waals surface area contributed by atoms with E-state index in [0.717, 1.165) is 12.8 Å². The van der Waals surface area contributed by atoms with Crippen LogP contribution in [0.4, 0.5) is 5.82 Å². The number of ether oxygens (including phenoxy) is 2. The number of nitrogen functional groups attached to an aromatic ring is 1. The number of hydrogen-bond acceptors (Lipinski definition) is 8. The molecule has 2 aliphatic rings. The largest absolute Gasteiger partial charge is 0.463 e. The highest BCUT2D eigenvalue weighted by molar-refractivity contribution is 5.85. The SMILES string of the molecule is C[C@H]1O[C@@H](n2[nH]c(=O)c3c(N)nc(OCC4CCC4)nc32)[C@H](O)[C@@H]1O. The molecule has 10 heteroatoms. The average molecular weight is 351 g/mol. The summed E-state index contributed by atoms with van der Waals surface area (Å²) in [5, 5.41) is 22.7. The van der Waals surface area contributed by atoms with E-state index >= 15 is 0 Å². The van der Waals surface area contributed by atoms with Gasteiger partial charge in [0, 0.05) is 0 Å². The molecule has 5 N–H and O–H groups in total. The molecule has 0 amide bonds. The number of nitrogens with zero attached hydrogens (tertiary/aromatic N) is 3. The third kappa shape index (κ3) is 2.66. The Kier molecular flexibility index (Phi) is 3.89. The first-order chi connectivity index (χ1) is 12.0. The van der Waals surface area contributed by atoms with E-state index in [2.05, 4.69) is 15.1 Å². The number of hydrogen-bond donors (Lipinski definition) is 4. The highest BCUT2D eigenvalue weighted by Gasteiger charge is 2.42. The molecule has 0 unspecified atom stereocenters. The van der Waals surface area contributed by atoms with Crippen molar-refractivity contribution in [2.45, 2.75) is 50.7 Å². The van der Waals surface area contributed by atoms with Crippen LogP contribution in [0.5, 0.6) is 6.01 Å². The summed E-state index contributed by atoms with van der Waals surface area (Å²) in [5.41, 5.74) is 5.57. The minimum absolute atomic E-state index is 0.00491. The summed E-state index contributed by atoms with van der Waals surface area (Å²) in [6.07, 6.45) is -0.422. The van der Waals surface area contributed by atoms with Crippen molar-refractivity contribution in [1.82, 2.24) is 19.7 Å². The lowest BCUT2D eigenvalue weighted by Crippen LogP contribution is -2.31. The Morgan fingerprint density at radius 3 is 2.72 bits per heavy atom. The molecule has 4 atom stereocenters. The summed E-state index contributed by atoms with van der Waals surface area (Å²) in [6.45, 7) is 2.13. The zero-order valence-corrected chi connectivity index (χ0v) is 13.8. The van der Waals surface area contributed by atoms with Crippen LogP contribution < -0.4 is 16.0 Å². The van der Waals surface area contributed by atoms with Gasteiger partial charge in [-0.25, -0.2) is 4.68 Å². The van der Waals surface area contributed by atoms with Crippen LogP contribution in [0, 0.1) is 5.92 Å². The minimum atomic E-state index is -1.21. The van der Waals surface area contributed by atoms with E-state index in [1.54, 1.807) is 6.92 Å². The normalized spacial score (nSPS) is 29.9. The zero-order valence-electron chi connectivity index (χ0n) is 13.8. The van der Waals surface area contributed by atoms with Gasteiger partial charge in [0.2, 0.25) is 0 Å². The zero-order chi connectivity index (χ0) is 17.7. The highest BCUT2D eigenvalue weighted by Crippen LogP contribution is 2.31. The summed E-state index contributed by atoms with van der Waals surface area (Å²) in [5.74, 6) is 0.486. The van der Waals surface area contributed by atoms with Crippen LogP contribution >= 0.6 is 0 Å². The van der Waals surface area contributed by atoms with Crippen LogP contribution in [0.2, 0.25) is 0 Å². The second-order valence-electron chi connectivity index (χ2n) is 6.72. The van der Waals surface area contributed by atoms with Crippen molar-refractivity contribution in [2.24, 2.45) is 5.92 Å². The van der Waals surface area contributed by atoms with Crippen LogP contribution in [-0.4, -0.2) is 54.9 Å². The lowest BCUT2D eigenvalue weighted by molar-refractivity contribution is -0.0375. The Bertz CT molecular complexity index is 845. The van der Waals surface area contributed by atoms with Crippen molar-refractivity contribution < 1.29 is 19.7 Å². The molecule has 136 valence electrons. The third-order valence-corrected chi connectivity index (χ3v) is 4.98. The first-order valence-electron chi connectivity index (χ1n) is 8.38. The monoisotopic (exact) mass is 351 g/mol. The van der Waals surface area contributed by atoms with Gasteiger partial charge in [0.15, 0.2) is 11.9 Å². The number of aliphatic hydroxyl groups is 2. The van der Waals surface area contributed by atoms with Crippen molar-refractivity contribution in [3.63, 3.8) is 0 Å². The Morgan fingerprint density at radius 2 is 2.12 bits per heavy atom. The van der Waals surface area contributed by atoms with Crippen molar-refractivity contribution in [3.8, 4) is 6.01 Å². The van der Waals surface area contributed by atoms with Gasteiger partial charge in [-0.15, -0.1) is 0 Å². The molecule has 3 heterocycles. The predicted octanol–water partition coefficient (Wildman–Crippen LogP) is -0.480. The molecule has 4 rings (SSSR count). The molecule has 2 aromatic heterocycles. The predicted molar refractivity (Wildman–Crippen MR) is 87.0 cm³/mol. The lowest BCUT2D eigenvalue weighted by Gasteiger charge is -2.24. The van der Waals surface area contributed by atoms with Crippen molar-refractivity contribution >= 4 is 16.9 Å². The van der Waals surface area contributed by atoms with E-state index in [9.17, 15) is 15.0 Å². The Hall–Kier alpha value is -2.17. The summed E-state index contributed by atoms with van der Waals surface area (Å²) >= 11 is 0. The molecule has 0 spiro atoms. The quantitative estimate of drug-likeness (QED) is 0.577. The molecule has 1 saturated carbocycles. The van der Waals surface area contributed by atoms with Gasteiger partial charge in [0.1, 0.15) is 23.4 Å². The van der Waals surface area contributed by atoms with Crippen molar-refractivity contribution in [2.75, 3.05) is 12.3 Å². The third-order valence-electron chi connectivity index (χ3n) is 4.98. The second kappa shape index (κ2) is 5.97. The van der Waals surface area contributed by atoms with E-state index in [1.165, 1.54) is 11.1 Å². The first-order valence-corrected chi connectivity index (χ1v) is 8.38.